The molecule has 23 heavy (non-hydrogen) atoms. The Bertz CT molecular complexity index is 381. The molecule has 1 fully saturated rings. The Kier molecular flexibility index (Phi) is 8.99. The summed E-state index contributed by atoms with van der Waals surface area (Å²) >= 11 is 0. The van der Waals surface area contributed by atoms with Gasteiger partial charge in [0.2, 0.25) is 5.91 Å². The van der Waals surface area contributed by atoms with Crippen LogP contribution in [0.3, 0.4) is 0 Å². The van der Waals surface area contributed by atoms with E-state index in [0.29, 0.717) is 18.1 Å². The Labute approximate surface area is 141 Å². The maximum atomic E-state index is 11.7. The van der Waals surface area contributed by atoms with Gasteiger partial charge in [-0.1, -0.05) is 26.7 Å². The van der Waals surface area contributed by atoms with Gasteiger partial charge in [-0.2, -0.15) is 0 Å². The topological polar surface area (TPSA) is 66.0 Å². The summed E-state index contributed by atoms with van der Waals surface area (Å²) in [6, 6.07) is 0.349. The molecule has 1 aliphatic heterocycles. The predicted molar refractivity (Wildman–Crippen MR) is 94.6 cm³/mol. The maximum Gasteiger partial charge on any atom is 0.243 e. The fourth-order valence-corrected chi connectivity index (χ4v) is 2.90. The first kappa shape index (κ1) is 19.7. The lowest BCUT2D eigenvalue weighted by atomic mass is 9.89. The third-order valence-electron chi connectivity index (χ3n) is 4.45. The van der Waals surface area contributed by atoms with E-state index in [-0.39, 0.29) is 12.5 Å². The summed E-state index contributed by atoms with van der Waals surface area (Å²) in [6.07, 6.45) is 4.60. The first-order chi connectivity index (χ1) is 11.0. The molecule has 1 amide bonds. The number of nitrogens with one attached hydrogen (secondary N) is 2. The van der Waals surface area contributed by atoms with Crippen molar-refractivity contribution < 1.29 is 9.53 Å². The largest absolute Gasteiger partial charge is 0.378 e. The minimum Gasteiger partial charge on any atom is -0.378 e. The monoisotopic (exact) mass is 326 g/mol. The van der Waals surface area contributed by atoms with Crippen LogP contribution in [0.15, 0.2) is 4.99 Å². The van der Waals surface area contributed by atoms with Gasteiger partial charge in [0.15, 0.2) is 5.96 Å². The van der Waals surface area contributed by atoms with Gasteiger partial charge in [-0.15, -0.1) is 0 Å². The zero-order valence-electron chi connectivity index (χ0n) is 15.4. The second-order valence-electron chi connectivity index (χ2n) is 6.33. The van der Waals surface area contributed by atoms with E-state index in [1.807, 2.05) is 6.92 Å². The standard InChI is InChI=1S/C17H34N4O2/c1-6-13(7-2)15-11-14(9-10-23-15)20-17(18-8-3)19-12-16(22)21(4)5/h13-15H,6-12H2,1-5H3,(H2,18,19,20). The number of guanidine groups is 1. The van der Waals surface area contributed by atoms with Crippen molar-refractivity contribution in [1.29, 1.82) is 0 Å². The average molecular weight is 326 g/mol. The van der Waals surface area contributed by atoms with E-state index in [4.69, 9.17) is 4.74 Å². The Morgan fingerprint density at radius 2 is 2.00 bits per heavy atom. The van der Waals surface area contributed by atoms with Crippen molar-refractivity contribution in [3.05, 3.63) is 0 Å². The smallest absolute Gasteiger partial charge is 0.243 e. The van der Waals surface area contributed by atoms with Crippen molar-refractivity contribution >= 4 is 11.9 Å². The van der Waals surface area contributed by atoms with E-state index in [0.717, 1.165) is 44.8 Å². The van der Waals surface area contributed by atoms with Crippen LogP contribution in [0, 0.1) is 5.92 Å². The maximum absolute atomic E-state index is 11.7. The number of ether oxygens (including phenoxy) is 1. The number of hydrogen-bond acceptors (Lipinski definition) is 3. The van der Waals surface area contributed by atoms with E-state index >= 15 is 0 Å². The van der Waals surface area contributed by atoms with Crippen molar-refractivity contribution in [3.8, 4) is 0 Å². The van der Waals surface area contributed by atoms with Crippen LogP contribution < -0.4 is 10.6 Å². The lowest BCUT2D eigenvalue weighted by molar-refractivity contribution is -0.127. The first-order valence-corrected chi connectivity index (χ1v) is 8.88. The summed E-state index contributed by atoms with van der Waals surface area (Å²) in [5.41, 5.74) is 0. The number of rotatable bonds is 7. The number of likely N-dealkylation sites (N-methyl/N-ethyl adjacent to an activating group) is 1. The van der Waals surface area contributed by atoms with Crippen molar-refractivity contribution in [2.75, 3.05) is 33.8 Å². The molecular weight excluding hydrogens is 292 g/mol. The van der Waals surface area contributed by atoms with E-state index < -0.39 is 0 Å². The minimum atomic E-state index is 0.00378. The number of nitrogens with zero attached hydrogens (tertiary/aromatic N) is 2. The SMILES string of the molecule is CCNC(=NCC(=O)N(C)C)NC1CCOC(C(CC)CC)C1. The van der Waals surface area contributed by atoms with Gasteiger partial charge in [-0.3, -0.25) is 4.79 Å². The minimum absolute atomic E-state index is 0.00378. The van der Waals surface area contributed by atoms with Gasteiger partial charge < -0.3 is 20.3 Å². The number of carbonyl (C=O) groups excluding carboxylic acids is 1. The third kappa shape index (κ3) is 6.77. The van der Waals surface area contributed by atoms with Crippen LogP contribution in [-0.2, 0) is 9.53 Å². The molecule has 2 N–H and O–H groups in total. The molecule has 0 spiro atoms. The number of carbonyl (C=O) groups is 1. The molecule has 2 unspecified atom stereocenters. The van der Waals surface area contributed by atoms with Crippen LogP contribution in [0.2, 0.25) is 0 Å². The second kappa shape index (κ2) is 10.5. The predicted octanol–water partition coefficient (Wildman–Crippen LogP) is 1.61. The molecule has 0 saturated carbocycles. The Hall–Kier alpha value is -1.30. The molecule has 1 rings (SSSR count). The van der Waals surface area contributed by atoms with Crippen LogP contribution in [0.1, 0.15) is 46.5 Å². The fourth-order valence-electron chi connectivity index (χ4n) is 2.90. The molecule has 134 valence electrons. The number of aliphatic imine (C=N–C) groups is 1. The molecule has 0 aliphatic carbocycles. The molecule has 2 atom stereocenters. The molecular formula is C17H34N4O2. The van der Waals surface area contributed by atoms with E-state index in [1.54, 1.807) is 19.0 Å². The van der Waals surface area contributed by atoms with E-state index in [1.165, 1.54) is 0 Å². The van der Waals surface area contributed by atoms with Crippen LogP contribution >= 0.6 is 0 Å². The van der Waals surface area contributed by atoms with Crippen molar-refractivity contribution in [1.82, 2.24) is 15.5 Å². The summed E-state index contributed by atoms with van der Waals surface area (Å²) in [5.74, 6) is 1.34. The molecule has 1 heterocycles. The van der Waals surface area contributed by atoms with Gasteiger partial charge in [0, 0.05) is 33.3 Å². The van der Waals surface area contributed by atoms with E-state index in [2.05, 4.69) is 29.5 Å². The van der Waals surface area contributed by atoms with Crippen LogP contribution in [0.5, 0.6) is 0 Å². The lowest BCUT2D eigenvalue weighted by Gasteiger charge is -2.35. The average Bonchev–Trinajstić information content (AvgIpc) is 2.54. The normalized spacial score (nSPS) is 22.1. The third-order valence-corrected chi connectivity index (χ3v) is 4.45. The molecule has 6 nitrogen and oxygen atoms in total. The Balaban J connectivity index is 2.61. The van der Waals surface area contributed by atoms with Gasteiger partial charge in [0.1, 0.15) is 6.54 Å². The quantitative estimate of drug-likeness (QED) is 0.551. The van der Waals surface area contributed by atoms with Crippen LogP contribution in [0.4, 0.5) is 0 Å². The van der Waals surface area contributed by atoms with Gasteiger partial charge in [-0.05, 0) is 25.7 Å². The molecule has 0 aromatic rings. The molecule has 0 aromatic carbocycles. The Morgan fingerprint density at radius 3 is 2.57 bits per heavy atom. The van der Waals surface area contributed by atoms with E-state index in [9.17, 15) is 4.79 Å². The summed E-state index contributed by atoms with van der Waals surface area (Å²) in [6.45, 7) is 8.22. The molecule has 6 heteroatoms. The van der Waals surface area contributed by atoms with Gasteiger partial charge in [0.25, 0.3) is 0 Å². The van der Waals surface area contributed by atoms with Gasteiger partial charge >= 0.3 is 0 Å². The zero-order chi connectivity index (χ0) is 17.2. The van der Waals surface area contributed by atoms with Crippen molar-refractivity contribution in [3.63, 3.8) is 0 Å². The van der Waals surface area contributed by atoms with Gasteiger partial charge in [-0.25, -0.2) is 4.99 Å². The number of amides is 1. The summed E-state index contributed by atoms with van der Waals surface area (Å²) in [5, 5.41) is 6.70. The second-order valence-corrected chi connectivity index (χ2v) is 6.33. The molecule has 1 aliphatic rings. The highest BCUT2D eigenvalue weighted by atomic mass is 16.5. The molecule has 0 aromatic heterocycles. The molecule has 0 bridgehead atoms. The van der Waals surface area contributed by atoms with Crippen molar-refractivity contribution in [2.24, 2.45) is 10.9 Å². The first-order valence-electron chi connectivity index (χ1n) is 8.88. The molecule has 1 saturated heterocycles. The summed E-state index contributed by atoms with van der Waals surface area (Å²) < 4.78 is 5.96. The lowest BCUT2D eigenvalue weighted by Crippen LogP contribution is -2.48. The highest BCUT2D eigenvalue weighted by Gasteiger charge is 2.28. The Morgan fingerprint density at radius 1 is 1.30 bits per heavy atom. The summed E-state index contributed by atoms with van der Waals surface area (Å²) in [4.78, 5) is 17.7. The zero-order valence-corrected chi connectivity index (χ0v) is 15.4. The highest BCUT2D eigenvalue weighted by Crippen LogP contribution is 2.25. The van der Waals surface area contributed by atoms with Crippen LogP contribution in [-0.4, -0.2) is 62.7 Å². The summed E-state index contributed by atoms with van der Waals surface area (Å²) in [7, 11) is 3.49. The van der Waals surface area contributed by atoms with Gasteiger partial charge in [0.05, 0.1) is 6.10 Å². The van der Waals surface area contributed by atoms with Crippen molar-refractivity contribution in [2.45, 2.75) is 58.6 Å². The molecule has 0 radical (unpaired) electrons. The number of hydrogen-bond donors (Lipinski definition) is 2. The fraction of sp³-hybridized carbons (Fsp3) is 0.882. The highest BCUT2D eigenvalue weighted by molar-refractivity contribution is 5.84. The van der Waals surface area contributed by atoms with Crippen LogP contribution in [0.25, 0.3) is 0 Å².